The van der Waals surface area contributed by atoms with Crippen LogP contribution in [0.4, 0.5) is 10.5 Å². The molecule has 9 heteroatoms. The second kappa shape index (κ2) is 12.2. The summed E-state index contributed by atoms with van der Waals surface area (Å²) < 4.78 is 10.6. The Labute approximate surface area is 224 Å². The average molecular weight is 526 g/mol. The Morgan fingerprint density at radius 2 is 1.68 bits per heavy atom. The minimum Gasteiger partial charge on any atom is -0.508 e. The quantitative estimate of drug-likeness (QED) is 0.401. The molecule has 9 nitrogen and oxygen atoms in total. The van der Waals surface area contributed by atoms with E-state index in [0.717, 1.165) is 0 Å². The zero-order chi connectivity index (χ0) is 28.0. The SMILES string of the molecule is COc1ccc(NC(=O)C(c2ccccc2O)N(C(=O)C(CC(C)C)NC(=O)OC(C)(C)C)C2CC2)cc1. The summed E-state index contributed by atoms with van der Waals surface area (Å²) in [5, 5.41) is 16.3. The van der Waals surface area contributed by atoms with Crippen molar-refractivity contribution in [2.75, 3.05) is 12.4 Å². The number of benzene rings is 2. The van der Waals surface area contributed by atoms with Gasteiger partial charge in [-0.25, -0.2) is 4.79 Å². The summed E-state index contributed by atoms with van der Waals surface area (Å²) in [7, 11) is 1.56. The van der Waals surface area contributed by atoms with Crippen LogP contribution in [0.25, 0.3) is 0 Å². The largest absolute Gasteiger partial charge is 0.508 e. The number of para-hydroxylation sites is 1. The molecule has 3 rings (SSSR count). The highest BCUT2D eigenvalue weighted by molar-refractivity contribution is 5.99. The molecule has 3 N–H and O–H groups in total. The van der Waals surface area contributed by atoms with Crippen LogP contribution in [0.5, 0.6) is 11.5 Å². The van der Waals surface area contributed by atoms with Gasteiger partial charge >= 0.3 is 6.09 Å². The molecule has 0 radical (unpaired) electrons. The standard InChI is InChI=1S/C29H39N3O6/c1-18(2)17-23(31-28(36)38-29(3,4)5)27(35)32(20-13-14-20)25(22-9-7-8-10-24(22)33)26(34)30-19-11-15-21(37-6)16-12-19/h7-12,15-16,18,20,23,25,33H,13-14,17H2,1-6H3,(H,30,34)(H,31,36). The number of nitrogens with zero attached hydrogens (tertiary/aromatic N) is 1. The number of nitrogens with one attached hydrogen (secondary N) is 2. The highest BCUT2D eigenvalue weighted by atomic mass is 16.6. The third-order valence-corrected chi connectivity index (χ3v) is 6.01. The molecule has 2 aromatic carbocycles. The van der Waals surface area contributed by atoms with E-state index in [9.17, 15) is 19.5 Å². The summed E-state index contributed by atoms with van der Waals surface area (Å²) in [6.45, 7) is 9.16. The summed E-state index contributed by atoms with van der Waals surface area (Å²) in [4.78, 5) is 42.1. The predicted molar refractivity (Wildman–Crippen MR) is 145 cm³/mol. The molecule has 206 valence electrons. The van der Waals surface area contributed by atoms with Crippen LogP contribution in [-0.2, 0) is 14.3 Å². The van der Waals surface area contributed by atoms with Crippen molar-refractivity contribution in [2.24, 2.45) is 5.92 Å². The lowest BCUT2D eigenvalue weighted by atomic mass is 9.98. The Kier molecular flexibility index (Phi) is 9.25. The molecule has 1 fully saturated rings. The van der Waals surface area contributed by atoms with E-state index in [2.05, 4.69) is 10.6 Å². The van der Waals surface area contributed by atoms with Crippen LogP contribution < -0.4 is 15.4 Å². The molecule has 0 aliphatic heterocycles. The highest BCUT2D eigenvalue weighted by Gasteiger charge is 2.45. The van der Waals surface area contributed by atoms with Gasteiger partial charge < -0.3 is 30.1 Å². The number of hydrogen-bond acceptors (Lipinski definition) is 6. The molecular formula is C29H39N3O6. The molecule has 0 heterocycles. The summed E-state index contributed by atoms with van der Waals surface area (Å²) in [5.41, 5.74) is 0.0897. The maximum atomic E-state index is 14.1. The Balaban J connectivity index is 1.98. The zero-order valence-corrected chi connectivity index (χ0v) is 23.0. The van der Waals surface area contributed by atoms with Crippen LogP contribution in [0.15, 0.2) is 48.5 Å². The molecule has 0 aromatic heterocycles. The lowest BCUT2D eigenvalue weighted by molar-refractivity contribution is -0.141. The summed E-state index contributed by atoms with van der Waals surface area (Å²) in [6.07, 6.45) is 1.09. The van der Waals surface area contributed by atoms with Gasteiger partial charge in [0.15, 0.2) is 0 Å². The average Bonchev–Trinajstić information content (AvgIpc) is 3.66. The zero-order valence-electron chi connectivity index (χ0n) is 23.0. The van der Waals surface area contributed by atoms with Crippen molar-refractivity contribution in [3.05, 3.63) is 54.1 Å². The van der Waals surface area contributed by atoms with Crippen LogP contribution in [0, 0.1) is 5.92 Å². The summed E-state index contributed by atoms with van der Waals surface area (Å²) >= 11 is 0. The predicted octanol–water partition coefficient (Wildman–Crippen LogP) is 5.01. The van der Waals surface area contributed by atoms with E-state index in [0.29, 0.717) is 36.3 Å². The van der Waals surface area contributed by atoms with Crippen molar-refractivity contribution in [2.45, 2.75) is 77.6 Å². The molecule has 38 heavy (non-hydrogen) atoms. The van der Waals surface area contributed by atoms with Gasteiger partial charge in [-0.05, 0) is 76.3 Å². The normalized spacial score (nSPS) is 14.8. The van der Waals surface area contributed by atoms with E-state index in [-0.39, 0.29) is 17.7 Å². The topological polar surface area (TPSA) is 117 Å². The molecule has 1 aliphatic rings. The smallest absolute Gasteiger partial charge is 0.408 e. The fourth-order valence-corrected chi connectivity index (χ4v) is 4.21. The van der Waals surface area contributed by atoms with Crippen molar-refractivity contribution in [3.8, 4) is 11.5 Å². The van der Waals surface area contributed by atoms with Gasteiger partial charge in [0.2, 0.25) is 5.91 Å². The van der Waals surface area contributed by atoms with Gasteiger partial charge in [-0.15, -0.1) is 0 Å². The molecule has 0 saturated heterocycles. The molecule has 2 atom stereocenters. The summed E-state index contributed by atoms with van der Waals surface area (Å²) in [6, 6.07) is 11.1. The van der Waals surface area contributed by atoms with E-state index in [4.69, 9.17) is 9.47 Å². The van der Waals surface area contributed by atoms with Crippen molar-refractivity contribution >= 4 is 23.6 Å². The first-order valence-electron chi connectivity index (χ1n) is 12.9. The van der Waals surface area contributed by atoms with E-state index >= 15 is 0 Å². The van der Waals surface area contributed by atoms with E-state index in [1.165, 1.54) is 11.0 Å². The monoisotopic (exact) mass is 525 g/mol. The number of amides is 3. The number of carbonyl (C=O) groups is 3. The third kappa shape index (κ3) is 7.87. The van der Waals surface area contributed by atoms with Crippen LogP contribution in [0.3, 0.4) is 0 Å². The minimum atomic E-state index is -1.12. The molecule has 0 bridgehead atoms. The van der Waals surface area contributed by atoms with Gasteiger partial charge in [-0.3, -0.25) is 9.59 Å². The number of alkyl carbamates (subject to hydrolysis) is 1. The van der Waals surface area contributed by atoms with Crippen molar-refractivity contribution in [3.63, 3.8) is 0 Å². The first kappa shape index (κ1) is 28.8. The minimum absolute atomic E-state index is 0.0802. The molecule has 1 aliphatic carbocycles. The second-order valence-electron chi connectivity index (χ2n) is 11.0. The molecular weight excluding hydrogens is 486 g/mol. The van der Waals surface area contributed by atoms with Crippen LogP contribution in [-0.4, -0.2) is 52.7 Å². The highest BCUT2D eigenvalue weighted by Crippen LogP contribution is 2.39. The van der Waals surface area contributed by atoms with Gasteiger partial charge in [-0.1, -0.05) is 32.0 Å². The number of carbonyl (C=O) groups excluding carboxylic acids is 3. The van der Waals surface area contributed by atoms with Crippen LogP contribution in [0.2, 0.25) is 0 Å². The Morgan fingerprint density at radius 1 is 1.05 bits per heavy atom. The first-order valence-corrected chi connectivity index (χ1v) is 12.9. The van der Waals surface area contributed by atoms with Crippen molar-refractivity contribution in [1.82, 2.24) is 10.2 Å². The lowest BCUT2D eigenvalue weighted by Gasteiger charge is -2.35. The van der Waals surface area contributed by atoms with Gasteiger partial charge in [0.25, 0.3) is 5.91 Å². The first-order chi connectivity index (χ1) is 17.9. The number of phenols is 1. The van der Waals surface area contributed by atoms with Crippen molar-refractivity contribution < 1.29 is 29.0 Å². The van der Waals surface area contributed by atoms with E-state index in [1.807, 2.05) is 13.8 Å². The van der Waals surface area contributed by atoms with E-state index in [1.54, 1.807) is 70.3 Å². The van der Waals surface area contributed by atoms with Gasteiger partial charge in [0.1, 0.15) is 29.2 Å². The number of methoxy groups -OCH3 is 1. The second-order valence-corrected chi connectivity index (χ2v) is 11.0. The lowest BCUT2D eigenvalue weighted by Crippen LogP contribution is -2.53. The fourth-order valence-electron chi connectivity index (χ4n) is 4.21. The number of ether oxygens (including phenoxy) is 2. The van der Waals surface area contributed by atoms with Gasteiger partial charge in [-0.2, -0.15) is 0 Å². The molecule has 2 unspecified atom stereocenters. The number of hydrogen-bond donors (Lipinski definition) is 3. The number of rotatable bonds is 10. The van der Waals surface area contributed by atoms with Crippen LogP contribution in [0.1, 0.15) is 65.5 Å². The maximum absolute atomic E-state index is 14.1. The third-order valence-electron chi connectivity index (χ3n) is 6.01. The van der Waals surface area contributed by atoms with Gasteiger partial charge in [0.05, 0.1) is 7.11 Å². The molecule has 3 amide bonds. The Morgan fingerprint density at radius 3 is 2.21 bits per heavy atom. The maximum Gasteiger partial charge on any atom is 0.408 e. The van der Waals surface area contributed by atoms with Gasteiger partial charge in [0, 0.05) is 17.3 Å². The van der Waals surface area contributed by atoms with E-state index < -0.39 is 35.6 Å². The molecule has 0 spiro atoms. The number of anilines is 1. The Bertz CT molecular complexity index is 1120. The Hall–Kier alpha value is -3.75. The number of phenolic OH excluding ortho intramolecular Hbond substituents is 1. The molecule has 1 saturated carbocycles. The molecule has 2 aromatic rings. The van der Waals surface area contributed by atoms with Crippen LogP contribution >= 0.6 is 0 Å². The fraction of sp³-hybridized carbons (Fsp3) is 0.483. The number of aromatic hydroxyl groups is 1. The summed E-state index contributed by atoms with van der Waals surface area (Å²) in [5.74, 6) is -0.250. The van der Waals surface area contributed by atoms with Crippen molar-refractivity contribution in [1.29, 1.82) is 0 Å².